The van der Waals surface area contributed by atoms with Crippen molar-refractivity contribution in [3.05, 3.63) is 12.4 Å². The van der Waals surface area contributed by atoms with Crippen LogP contribution >= 0.6 is 0 Å². The second-order valence-electron chi connectivity index (χ2n) is 4.30. The van der Waals surface area contributed by atoms with Gasteiger partial charge in [-0.25, -0.2) is 4.39 Å². The van der Waals surface area contributed by atoms with Crippen LogP contribution in [0.4, 0.5) is 4.39 Å². The molecule has 1 unspecified atom stereocenters. The van der Waals surface area contributed by atoms with E-state index in [-0.39, 0.29) is 0 Å². The number of hydrogen-bond donors (Lipinski definition) is 0. The molecule has 1 saturated heterocycles. The van der Waals surface area contributed by atoms with Crippen LogP contribution in [-0.2, 0) is 4.79 Å². The zero-order chi connectivity index (χ0) is 10.7. The molecule has 1 amide bonds. The fourth-order valence-electron chi connectivity index (χ4n) is 1.91. The number of hydrogen-bond acceptors (Lipinski definition) is 1. The average molecular weight is 199 g/mol. The summed E-state index contributed by atoms with van der Waals surface area (Å²) in [7, 11) is 0. The van der Waals surface area contributed by atoms with Crippen molar-refractivity contribution in [1.29, 1.82) is 0 Å². The first kappa shape index (κ1) is 11.2. The van der Waals surface area contributed by atoms with Crippen molar-refractivity contribution in [3.8, 4) is 0 Å². The van der Waals surface area contributed by atoms with E-state index in [1.165, 1.54) is 0 Å². The number of carbonyl (C=O) groups is 1. The van der Waals surface area contributed by atoms with Crippen molar-refractivity contribution in [3.63, 3.8) is 0 Å². The quantitative estimate of drug-likeness (QED) is 0.625. The maximum Gasteiger partial charge on any atom is 0.281 e. The van der Waals surface area contributed by atoms with Gasteiger partial charge in [0.2, 0.25) is 0 Å². The van der Waals surface area contributed by atoms with E-state index in [0.29, 0.717) is 24.9 Å². The molecule has 1 heterocycles. The van der Waals surface area contributed by atoms with Crippen LogP contribution in [0, 0.1) is 11.8 Å². The third kappa shape index (κ3) is 2.56. The zero-order valence-corrected chi connectivity index (χ0v) is 8.92. The fourth-order valence-corrected chi connectivity index (χ4v) is 1.91. The number of halogens is 1. The van der Waals surface area contributed by atoms with E-state index in [1.54, 1.807) is 4.90 Å². The average Bonchev–Trinajstić information content (AvgIpc) is 2.16. The maximum atomic E-state index is 12.6. The minimum atomic E-state index is -0.839. The van der Waals surface area contributed by atoms with Crippen molar-refractivity contribution < 1.29 is 9.18 Å². The first-order valence-electron chi connectivity index (χ1n) is 5.16. The van der Waals surface area contributed by atoms with Crippen LogP contribution in [0.5, 0.6) is 0 Å². The molecule has 0 N–H and O–H groups in total. The zero-order valence-electron chi connectivity index (χ0n) is 8.92. The molecule has 0 aromatic rings. The monoisotopic (exact) mass is 199 g/mol. The lowest BCUT2D eigenvalue weighted by atomic mass is 9.88. The molecular formula is C11H18FNO. The standard InChI is InChI=1S/C11H18FNO/c1-8(2)10-5-4-6-13(7-10)11(14)9(3)12/h8,10H,3-7H2,1-2H3. The molecule has 0 aromatic heterocycles. The Balaban J connectivity index is 2.56. The van der Waals surface area contributed by atoms with Crippen molar-refractivity contribution >= 4 is 5.91 Å². The van der Waals surface area contributed by atoms with Crippen LogP contribution in [0.3, 0.4) is 0 Å². The van der Waals surface area contributed by atoms with E-state index in [2.05, 4.69) is 20.4 Å². The number of carbonyl (C=O) groups excluding carboxylic acids is 1. The molecule has 80 valence electrons. The maximum absolute atomic E-state index is 12.6. The molecule has 1 rings (SSSR count). The highest BCUT2D eigenvalue weighted by Crippen LogP contribution is 2.24. The summed E-state index contributed by atoms with van der Waals surface area (Å²) in [5.74, 6) is -0.310. The predicted octanol–water partition coefficient (Wildman–Crippen LogP) is 2.36. The van der Waals surface area contributed by atoms with E-state index in [9.17, 15) is 9.18 Å². The van der Waals surface area contributed by atoms with E-state index < -0.39 is 11.7 Å². The summed E-state index contributed by atoms with van der Waals surface area (Å²) >= 11 is 0. The highest BCUT2D eigenvalue weighted by atomic mass is 19.1. The number of rotatable bonds is 2. The molecule has 0 bridgehead atoms. The van der Waals surface area contributed by atoms with E-state index in [4.69, 9.17) is 0 Å². The Kier molecular flexibility index (Phi) is 3.67. The Labute approximate surface area is 84.8 Å². The molecule has 0 radical (unpaired) electrons. The Morgan fingerprint density at radius 1 is 1.57 bits per heavy atom. The van der Waals surface area contributed by atoms with Gasteiger partial charge in [0.15, 0.2) is 5.83 Å². The largest absolute Gasteiger partial charge is 0.336 e. The van der Waals surface area contributed by atoms with E-state index >= 15 is 0 Å². The SMILES string of the molecule is C=C(F)C(=O)N1CCCC(C(C)C)C1. The topological polar surface area (TPSA) is 20.3 Å². The third-order valence-electron chi connectivity index (χ3n) is 2.92. The molecule has 1 aliphatic rings. The molecule has 0 saturated carbocycles. The normalized spacial score (nSPS) is 22.6. The lowest BCUT2D eigenvalue weighted by molar-refractivity contribution is -0.130. The number of piperidine rings is 1. The van der Waals surface area contributed by atoms with Gasteiger partial charge in [0.05, 0.1) is 0 Å². The van der Waals surface area contributed by atoms with Crippen LogP contribution in [0.15, 0.2) is 12.4 Å². The molecule has 0 aromatic carbocycles. The lowest BCUT2D eigenvalue weighted by Gasteiger charge is -2.34. The van der Waals surface area contributed by atoms with Gasteiger partial charge in [-0.3, -0.25) is 4.79 Å². The van der Waals surface area contributed by atoms with Crippen LogP contribution < -0.4 is 0 Å². The van der Waals surface area contributed by atoms with Crippen LogP contribution in [-0.4, -0.2) is 23.9 Å². The molecule has 0 aliphatic carbocycles. The number of likely N-dealkylation sites (tertiary alicyclic amines) is 1. The lowest BCUT2D eigenvalue weighted by Crippen LogP contribution is -2.41. The summed E-state index contributed by atoms with van der Waals surface area (Å²) in [5.41, 5.74) is 0. The Bertz CT molecular complexity index is 237. The van der Waals surface area contributed by atoms with E-state index in [1.807, 2.05) is 0 Å². The van der Waals surface area contributed by atoms with Crippen molar-refractivity contribution in [2.45, 2.75) is 26.7 Å². The summed E-state index contributed by atoms with van der Waals surface area (Å²) in [6.45, 7) is 8.68. The molecule has 1 aliphatic heterocycles. The highest BCUT2D eigenvalue weighted by Gasteiger charge is 2.26. The Morgan fingerprint density at radius 2 is 2.21 bits per heavy atom. The van der Waals surface area contributed by atoms with E-state index in [0.717, 1.165) is 12.8 Å². The summed E-state index contributed by atoms with van der Waals surface area (Å²) in [6, 6.07) is 0. The van der Waals surface area contributed by atoms with Crippen molar-refractivity contribution in [2.24, 2.45) is 11.8 Å². The van der Waals surface area contributed by atoms with Crippen LogP contribution in [0.2, 0.25) is 0 Å². The predicted molar refractivity (Wildman–Crippen MR) is 54.4 cm³/mol. The number of amides is 1. The van der Waals surface area contributed by atoms with Gasteiger partial charge < -0.3 is 4.90 Å². The second-order valence-corrected chi connectivity index (χ2v) is 4.30. The summed E-state index contributed by atoms with van der Waals surface area (Å²) < 4.78 is 12.6. The minimum Gasteiger partial charge on any atom is -0.336 e. The van der Waals surface area contributed by atoms with Gasteiger partial charge in [-0.1, -0.05) is 20.4 Å². The van der Waals surface area contributed by atoms with Gasteiger partial charge in [0, 0.05) is 13.1 Å². The van der Waals surface area contributed by atoms with Crippen molar-refractivity contribution in [1.82, 2.24) is 4.90 Å². The van der Waals surface area contributed by atoms with Gasteiger partial charge in [0.25, 0.3) is 5.91 Å². The Morgan fingerprint density at radius 3 is 2.71 bits per heavy atom. The molecule has 0 spiro atoms. The smallest absolute Gasteiger partial charge is 0.281 e. The molecule has 3 heteroatoms. The molecule has 2 nitrogen and oxygen atoms in total. The first-order valence-corrected chi connectivity index (χ1v) is 5.16. The summed E-state index contributed by atoms with van der Waals surface area (Å²) in [5, 5.41) is 0. The fraction of sp³-hybridized carbons (Fsp3) is 0.727. The molecule has 1 fully saturated rings. The second kappa shape index (κ2) is 4.58. The molecular weight excluding hydrogens is 181 g/mol. The van der Waals surface area contributed by atoms with Crippen molar-refractivity contribution in [2.75, 3.05) is 13.1 Å². The first-order chi connectivity index (χ1) is 6.52. The van der Waals surface area contributed by atoms with Gasteiger partial charge in [-0.2, -0.15) is 0 Å². The van der Waals surface area contributed by atoms with Crippen LogP contribution in [0.1, 0.15) is 26.7 Å². The van der Waals surface area contributed by atoms with Gasteiger partial charge in [-0.05, 0) is 24.7 Å². The third-order valence-corrected chi connectivity index (χ3v) is 2.92. The highest BCUT2D eigenvalue weighted by molar-refractivity contribution is 5.90. The van der Waals surface area contributed by atoms with Gasteiger partial charge >= 0.3 is 0 Å². The van der Waals surface area contributed by atoms with Gasteiger partial charge in [-0.15, -0.1) is 0 Å². The molecule has 14 heavy (non-hydrogen) atoms. The summed E-state index contributed by atoms with van der Waals surface area (Å²) in [6.07, 6.45) is 2.11. The number of nitrogens with zero attached hydrogens (tertiary/aromatic N) is 1. The minimum absolute atomic E-state index is 0.507. The van der Waals surface area contributed by atoms with Crippen LogP contribution in [0.25, 0.3) is 0 Å². The molecule has 1 atom stereocenters. The summed E-state index contributed by atoms with van der Waals surface area (Å²) in [4.78, 5) is 12.9. The van der Waals surface area contributed by atoms with Gasteiger partial charge in [0.1, 0.15) is 0 Å². The Hall–Kier alpha value is -0.860.